The van der Waals surface area contributed by atoms with Crippen LogP contribution in [0.25, 0.3) is 0 Å². The highest BCUT2D eigenvalue weighted by atomic mass is 19.4. The van der Waals surface area contributed by atoms with Crippen molar-refractivity contribution in [2.24, 2.45) is 11.7 Å². The van der Waals surface area contributed by atoms with Crippen molar-refractivity contribution in [3.63, 3.8) is 0 Å². The topological polar surface area (TPSA) is 55.6 Å². The molecule has 4 nitrogen and oxygen atoms in total. The van der Waals surface area contributed by atoms with E-state index in [4.69, 9.17) is 5.73 Å². The van der Waals surface area contributed by atoms with Crippen molar-refractivity contribution < 1.29 is 22.7 Å². The average Bonchev–Trinajstić information content (AvgIpc) is 2.27. The maximum atomic E-state index is 11.8. The smallest absolute Gasteiger partial charge is 0.362 e. The zero-order valence-corrected chi connectivity index (χ0v) is 10.4. The van der Waals surface area contributed by atoms with Gasteiger partial charge < -0.3 is 15.4 Å². The molecular weight excluding hydrogens is 249 g/mol. The second kappa shape index (κ2) is 6.38. The maximum Gasteiger partial charge on any atom is 0.411 e. The predicted octanol–water partition coefficient (Wildman–Crippen LogP) is 1.15. The average molecular weight is 268 g/mol. The summed E-state index contributed by atoms with van der Waals surface area (Å²) in [6.45, 7) is 1.12. The lowest BCUT2D eigenvalue weighted by atomic mass is 9.91. The Balaban J connectivity index is 2.24. The number of nitrogens with two attached hydrogens (primary N) is 1. The fourth-order valence-electron chi connectivity index (χ4n) is 2.02. The minimum atomic E-state index is -4.39. The molecule has 7 heteroatoms. The first kappa shape index (κ1) is 15.2. The first-order valence-corrected chi connectivity index (χ1v) is 5.97. The van der Waals surface area contributed by atoms with Crippen molar-refractivity contribution in [1.82, 2.24) is 4.90 Å². The number of rotatable bonds is 4. The number of hydrogen-bond acceptors (Lipinski definition) is 3. The van der Waals surface area contributed by atoms with E-state index in [1.165, 1.54) is 4.90 Å². The van der Waals surface area contributed by atoms with Gasteiger partial charge in [-0.15, -0.1) is 0 Å². The van der Waals surface area contributed by atoms with E-state index in [1.807, 2.05) is 6.92 Å². The van der Waals surface area contributed by atoms with Gasteiger partial charge in [0.1, 0.15) is 13.2 Å². The largest absolute Gasteiger partial charge is 0.411 e. The summed E-state index contributed by atoms with van der Waals surface area (Å²) in [5.41, 5.74) is 5.76. The Labute approximate surface area is 104 Å². The number of carbonyl (C=O) groups excluding carboxylic acids is 1. The molecule has 1 fully saturated rings. The molecule has 106 valence electrons. The molecule has 0 aromatic carbocycles. The number of halogens is 3. The summed E-state index contributed by atoms with van der Waals surface area (Å²) in [6.07, 6.45) is -2.80. The van der Waals surface area contributed by atoms with Gasteiger partial charge in [0.05, 0.1) is 0 Å². The second-order valence-corrected chi connectivity index (χ2v) is 4.69. The van der Waals surface area contributed by atoms with E-state index in [2.05, 4.69) is 4.74 Å². The van der Waals surface area contributed by atoms with Crippen LogP contribution in [0.3, 0.4) is 0 Å². The van der Waals surface area contributed by atoms with Gasteiger partial charge in [0, 0.05) is 19.1 Å². The third-order valence-corrected chi connectivity index (χ3v) is 3.13. The van der Waals surface area contributed by atoms with E-state index >= 15 is 0 Å². The van der Waals surface area contributed by atoms with Gasteiger partial charge in [-0.2, -0.15) is 13.2 Å². The first-order valence-electron chi connectivity index (χ1n) is 5.97. The quantitative estimate of drug-likeness (QED) is 0.832. The monoisotopic (exact) mass is 268 g/mol. The number of alkyl halides is 3. The second-order valence-electron chi connectivity index (χ2n) is 4.69. The van der Waals surface area contributed by atoms with Crippen LogP contribution >= 0.6 is 0 Å². The van der Waals surface area contributed by atoms with Crippen LogP contribution in [0, 0.1) is 5.92 Å². The summed E-state index contributed by atoms with van der Waals surface area (Å²) >= 11 is 0. The van der Waals surface area contributed by atoms with Crippen molar-refractivity contribution in [2.75, 3.05) is 26.3 Å². The van der Waals surface area contributed by atoms with Crippen LogP contribution in [0.15, 0.2) is 0 Å². The SMILES string of the molecule is CC(N)C1CCN(C(=O)COCC(F)(F)F)CC1. The van der Waals surface area contributed by atoms with Gasteiger partial charge in [-0.3, -0.25) is 4.79 Å². The molecule has 1 unspecified atom stereocenters. The fraction of sp³-hybridized carbons (Fsp3) is 0.909. The van der Waals surface area contributed by atoms with Crippen molar-refractivity contribution in [1.29, 1.82) is 0 Å². The Morgan fingerprint density at radius 1 is 1.44 bits per heavy atom. The Hall–Kier alpha value is -0.820. The fourth-order valence-corrected chi connectivity index (χ4v) is 2.02. The summed E-state index contributed by atoms with van der Waals surface area (Å²) in [5.74, 6) is -0.00693. The number of piperidine rings is 1. The molecule has 0 saturated carbocycles. The predicted molar refractivity (Wildman–Crippen MR) is 59.8 cm³/mol. The Morgan fingerprint density at radius 3 is 2.44 bits per heavy atom. The lowest BCUT2D eigenvalue weighted by Gasteiger charge is -2.33. The molecule has 1 atom stereocenters. The van der Waals surface area contributed by atoms with Crippen LogP contribution in [-0.4, -0.2) is 49.3 Å². The zero-order valence-electron chi connectivity index (χ0n) is 10.4. The van der Waals surface area contributed by atoms with E-state index in [9.17, 15) is 18.0 Å². The normalized spacial score (nSPS) is 19.9. The summed E-state index contributed by atoms with van der Waals surface area (Å²) in [7, 11) is 0. The molecule has 0 bridgehead atoms. The van der Waals surface area contributed by atoms with Crippen LogP contribution in [0.1, 0.15) is 19.8 Å². The number of ether oxygens (including phenoxy) is 1. The molecule has 1 aliphatic heterocycles. The Bertz CT molecular complexity index is 274. The third kappa shape index (κ3) is 5.22. The summed E-state index contributed by atoms with van der Waals surface area (Å²) in [6, 6.07) is 0.0868. The molecule has 1 rings (SSSR count). The molecule has 1 saturated heterocycles. The highest BCUT2D eigenvalue weighted by molar-refractivity contribution is 5.77. The van der Waals surface area contributed by atoms with E-state index in [-0.39, 0.29) is 11.9 Å². The lowest BCUT2D eigenvalue weighted by Crippen LogP contribution is -2.44. The van der Waals surface area contributed by atoms with Gasteiger partial charge in [-0.05, 0) is 25.7 Å². The number of hydrogen-bond donors (Lipinski definition) is 1. The van der Waals surface area contributed by atoms with Crippen LogP contribution in [0.2, 0.25) is 0 Å². The lowest BCUT2D eigenvalue weighted by molar-refractivity contribution is -0.178. The van der Waals surface area contributed by atoms with E-state index < -0.39 is 19.4 Å². The molecule has 1 heterocycles. The number of likely N-dealkylation sites (tertiary alicyclic amines) is 1. The number of amides is 1. The molecule has 18 heavy (non-hydrogen) atoms. The van der Waals surface area contributed by atoms with Gasteiger partial charge in [-0.1, -0.05) is 0 Å². The highest BCUT2D eigenvalue weighted by Gasteiger charge is 2.29. The van der Waals surface area contributed by atoms with Gasteiger partial charge in [0.15, 0.2) is 0 Å². The third-order valence-electron chi connectivity index (χ3n) is 3.13. The van der Waals surface area contributed by atoms with Gasteiger partial charge in [0.25, 0.3) is 0 Å². The number of carbonyl (C=O) groups is 1. The standard InChI is InChI=1S/C11H19F3N2O2/c1-8(15)9-2-4-16(5-3-9)10(17)6-18-7-11(12,13)14/h8-9H,2-7,15H2,1H3. The molecule has 1 amide bonds. The highest BCUT2D eigenvalue weighted by Crippen LogP contribution is 2.20. The first-order chi connectivity index (χ1) is 8.29. The minimum Gasteiger partial charge on any atom is -0.362 e. The van der Waals surface area contributed by atoms with Crippen LogP contribution in [0.5, 0.6) is 0 Å². The molecule has 0 aromatic heterocycles. The van der Waals surface area contributed by atoms with Gasteiger partial charge in [-0.25, -0.2) is 0 Å². The molecular formula is C11H19F3N2O2. The molecule has 0 radical (unpaired) electrons. The van der Waals surface area contributed by atoms with E-state index in [0.29, 0.717) is 19.0 Å². The maximum absolute atomic E-state index is 11.8. The summed E-state index contributed by atoms with van der Waals surface area (Å²) in [5, 5.41) is 0. The molecule has 2 N–H and O–H groups in total. The van der Waals surface area contributed by atoms with E-state index in [0.717, 1.165) is 12.8 Å². The van der Waals surface area contributed by atoms with E-state index in [1.54, 1.807) is 0 Å². The Kier molecular flexibility index (Phi) is 5.40. The van der Waals surface area contributed by atoms with Crippen molar-refractivity contribution in [3.05, 3.63) is 0 Å². The zero-order chi connectivity index (χ0) is 13.8. The molecule has 0 aromatic rings. The van der Waals surface area contributed by atoms with Crippen molar-refractivity contribution >= 4 is 5.91 Å². The van der Waals surface area contributed by atoms with Crippen molar-refractivity contribution in [3.8, 4) is 0 Å². The van der Waals surface area contributed by atoms with Gasteiger partial charge >= 0.3 is 6.18 Å². The van der Waals surface area contributed by atoms with Crippen LogP contribution in [-0.2, 0) is 9.53 Å². The van der Waals surface area contributed by atoms with Crippen LogP contribution < -0.4 is 5.73 Å². The molecule has 1 aliphatic rings. The van der Waals surface area contributed by atoms with Crippen molar-refractivity contribution in [2.45, 2.75) is 32.0 Å². The van der Waals surface area contributed by atoms with Gasteiger partial charge in [0.2, 0.25) is 5.91 Å². The molecule has 0 spiro atoms. The Morgan fingerprint density at radius 2 is 2.00 bits per heavy atom. The minimum absolute atomic E-state index is 0.0868. The van der Waals surface area contributed by atoms with Crippen LogP contribution in [0.4, 0.5) is 13.2 Å². The summed E-state index contributed by atoms with van der Waals surface area (Å²) < 4.78 is 39.8. The number of nitrogens with zero attached hydrogens (tertiary/aromatic N) is 1. The summed E-state index contributed by atoms with van der Waals surface area (Å²) in [4.78, 5) is 13.1. The molecule has 0 aliphatic carbocycles.